The zero-order valence-electron chi connectivity index (χ0n) is 27.4. The van der Waals surface area contributed by atoms with E-state index in [4.69, 9.17) is 50.0 Å². The van der Waals surface area contributed by atoms with Gasteiger partial charge in [-0.3, -0.25) is 0 Å². The van der Waals surface area contributed by atoms with Crippen LogP contribution in [0.2, 0.25) is 15.3 Å². The Bertz CT molecular complexity index is 1740. The van der Waals surface area contributed by atoms with Gasteiger partial charge in [-0.15, -0.1) is 12.4 Å². The molecule has 50 heavy (non-hydrogen) atoms. The van der Waals surface area contributed by atoms with Gasteiger partial charge in [-0.2, -0.15) is 0 Å². The summed E-state index contributed by atoms with van der Waals surface area (Å²) < 4.78 is 36.2. The van der Waals surface area contributed by atoms with Gasteiger partial charge in [-0.1, -0.05) is 29.6 Å². The first-order valence-electron chi connectivity index (χ1n) is 15.7. The van der Waals surface area contributed by atoms with Crippen molar-refractivity contribution in [2.45, 2.75) is 69.7 Å². The number of carbonyl (C=O) groups excluding carboxylic acids is 2. The van der Waals surface area contributed by atoms with E-state index in [1.807, 2.05) is 0 Å². The minimum Gasteiger partial charge on any atom is -0.462 e. The molecule has 4 aromatic rings. The summed E-state index contributed by atoms with van der Waals surface area (Å²) in [7, 11) is 0. The van der Waals surface area contributed by atoms with Crippen LogP contribution in [0.3, 0.4) is 0 Å². The van der Waals surface area contributed by atoms with E-state index in [0.717, 1.165) is 49.7 Å². The summed E-state index contributed by atoms with van der Waals surface area (Å²) in [6.45, 7) is 4.12. The van der Waals surface area contributed by atoms with Crippen molar-refractivity contribution in [1.82, 2.24) is 19.9 Å². The van der Waals surface area contributed by atoms with Gasteiger partial charge in [0.25, 0.3) is 0 Å². The zero-order chi connectivity index (χ0) is 35.6. The smallest absolute Gasteiger partial charge is 0.341 e. The van der Waals surface area contributed by atoms with E-state index in [0.29, 0.717) is 46.6 Å². The van der Waals surface area contributed by atoms with Crippen molar-refractivity contribution in [3.05, 3.63) is 116 Å². The minimum atomic E-state index is -0.436. The summed E-state index contributed by atoms with van der Waals surface area (Å²) in [4.78, 5) is 38.5. The monoisotopic (exact) mass is 769 g/mol. The lowest BCUT2D eigenvalue weighted by Crippen LogP contribution is -2.43. The molecule has 2 N–H and O–H groups in total. The summed E-state index contributed by atoms with van der Waals surface area (Å²) >= 11 is 17.7. The summed E-state index contributed by atoms with van der Waals surface area (Å²) in [6, 6.07) is 8.84. The normalized spacial score (nSPS) is 14.9. The number of nitrogens with two attached hydrogens (primary N) is 1. The number of nitrogens with zero attached hydrogens (tertiary/aromatic N) is 4. The van der Waals surface area contributed by atoms with Crippen LogP contribution in [0, 0.1) is 11.6 Å². The number of benzene rings is 2. The fraction of sp³-hybridized carbons (Fsp3) is 0.371. The molecule has 0 spiro atoms. The second-order valence-corrected chi connectivity index (χ2v) is 12.8. The van der Waals surface area contributed by atoms with Gasteiger partial charge in [0.05, 0.1) is 24.3 Å². The van der Waals surface area contributed by atoms with Crippen LogP contribution in [0.5, 0.6) is 0 Å². The summed E-state index contributed by atoms with van der Waals surface area (Å²) in [6.07, 6.45) is 12.0. The van der Waals surface area contributed by atoms with Crippen molar-refractivity contribution in [3.63, 3.8) is 0 Å². The molecule has 15 heteroatoms. The minimum absolute atomic E-state index is 0. The highest BCUT2D eigenvalue weighted by molar-refractivity contribution is 6.31. The van der Waals surface area contributed by atoms with Crippen LogP contribution >= 0.6 is 47.2 Å². The van der Waals surface area contributed by atoms with Gasteiger partial charge in [0.15, 0.2) is 0 Å². The van der Waals surface area contributed by atoms with Gasteiger partial charge in [-0.05, 0) is 105 Å². The number of esters is 2. The molecule has 2 saturated carbocycles. The van der Waals surface area contributed by atoms with Crippen LogP contribution < -0.4 is 5.73 Å². The standard InChI is InChI=1S/C18H18ClFN2O2.C10H11ClFN.C7H7ClN2O2.ClH/c1-2-24-17(23)12-10-21-16(22-11-12)9-18(6-3-7-18)14-8-13(20)4-5-15(14)19;11-9-3-2-7(12)6-8(9)10(13)4-1-5-10;1-2-12-6(11)5-3-9-7(8)10-4-5;/h4-5,8,10-11H,2-3,6-7,9H2,1H3;2-3,6H,1,4-5,13H2;3-4H,2H2,1H3;1H. The molecule has 2 aromatic heterocycles. The molecule has 0 amide bonds. The van der Waals surface area contributed by atoms with Crippen LogP contribution in [0.1, 0.15) is 90.0 Å². The molecule has 2 aliphatic rings. The lowest BCUT2D eigenvalue weighted by atomic mass is 9.62. The first kappa shape index (κ1) is 40.9. The van der Waals surface area contributed by atoms with E-state index < -0.39 is 11.9 Å². The van der Waals surface area contributed by atoms with Gasteiger partial charge in [-0.25, -0.2) is 38.3 Å². The van der Waals surface area contributed by atoms with Gasteiger partial charge in [0.1, 0.15) is 17.5 Å². The molecule has 0 atom stereocenters. The Hall–Kier alpha value is -3.48. The van der Waals surface area contributed by atoms with Gasteiger partial charge in [0.2, 0.25) is 5.28 Å². The van der Waals surface area contributed by atoms with Crippen molar-refractivity contribution in [2.24, 2.45) is 5.73 Å². The quantitative estimate of drug-likeness (QED) is 0.138. The number of ether oxygens (including phenoxy) is 2. The Balaban J connectivity index is 0.000000220. The van der Waals surface area contributed by atoms with Gasteiger partial charge < -0.3 is 15.2 Å². The van der Waals surface area contributed by atoms with E-state index in [2.05, 4.69) is 19.9 Å². The van der Waals surface area contributed by atoms with E-state index in [-0.39, 0.29) is 40.3 Å². The average Bonchev–Trinajstić information content (AvgIpc) is 3.05. The maximum absolute atomic E-state index is 13.6. The highest BCUT2D eigenvalue weighted by atomic mass is 35.5. The Kier molecular flexibility index (Phi) is 15.3. The first-order chi connectivity index (χ1) is 23.4. The van der Waals surface area contributed by atoms with Crippen LogP contribution in [0.25, 0.3) is 0 Å². The largest absolute Gasteiger partial charge is 0.462 e. The maximum Gasteiger partial charge on any atom is 0.341 e. The molecule has 0 aliphatic heterocycles. The highest BCUT2D eigenvalue weighted by Crippen LogP contribution is 2.48. The topological polar surface area (TPSA) is 130 Å². The molecule has 2 heterocycles. The molecule has 6 rings (SSSR count). The van der Waals surface area contributed by atoms with E-state index >= 15 is 0 Å². The molecule has 0 radical (unpaired) electrons. The van der Waals surface area contributed by atoms with Crippen LogP contribution in [0.4, 0.5) is 8.78 Å². The van der Waals surface area contributed by atoms with Crippen LogP contribution in [-0.2, 0) is 26.8 Å². The number of hydrogen-bond acceptors (Lipinski definition) is 9. The maximum atomic E-state index is 13.6. The van der Waals surface area contributed by atoms with Crippen molar-refractivity contribution in [1.29, 1.82) is 0 Å². The molecule has 2 aromatic carbocycles. The van der Waals surface area contributed by atoms with Crippen LogP contribution in [-0.4, -0.2) is 45.1 Å². The first-order valence-corrected chi connectivity index (χ1v) is 16.9. The summed E-state index contributed by atoms with van der Waals surface area (Å²) in [5.74, 6) is -0.816. The highest BCUT2D eigenvalue weighted by Gasteiger charge is 2.41. The zero-order valence-corrected chi connectivity index (χ0v) is 30.5. The number of rotatable bonds is 8. The molecule has 0 unspecified atom stereocenters. The molecular formula is C35H37Cl4F2N5O4. The predicted molar refractivity (Wildman–Crippen MR) is 190 cm³/mol. The number of aromatic nitrogens is 4. The SMILES string of the molecule is CCOC(=O)c1cnc(CC2(c3cc(F)ccc3Cl)CCC2)nc1.CCOC(=O)c1cnc(Cl)nc1.Cl.NC1(c2cc(F)ccc2Cl)CCC1. The van der Waals surface area contributed by atoms with Crippen molar-refractivity contribution in [3.8, 4) is 0 Å². The second-order valence-electron chi connectivity index (χ2n) is 11.6. The summed E-state index contributed by atoms with van der Waals surface area (Å²) in [5.41, 5.74) is 7.63. The predicted octanol–water partition coefficient (Wildman–Crippen LogP) is 8.66. The molecule has 0 saturated heterocycles. The molecule has 9 nitrogen and oxygen atoms in total. The Morgan fingerprint density at radius 3 is 1.60 bits per heavy atom. The Morgan fingerprint density at radius 2 is 1.18 bits per heavy atom. The van der Waals surface area contributed by atoms with Gasteiger partial charge in [0, 0.05) is 52.2 Å². The van der Waals surface area contributed by atoms with Crippen molar-refractivity contribution in [2.75, 3.05) is 13.2 Å². The third-order valence-corrected chi connectivity index (χ3v) is 9.22. The molecule has 2 fully saturated rings. The van der Waals surface area contributed by atoms with Crippen LogP contribution in [0.15, 0.2) is 61.2 Å². The van der Waals surface area contributed by atoms with E-state index in [1.54, 1.807) is 26.0 Å². The van der Waals surface area contributed by atoms with Gasteiger partial charge >= 0.3 is 11.9 Å². The third-order valence-electron chi connectivity index (χ3n) is 8.37. The third kappa shape index (κ3) is 10.5. The number of carbonyl (C=O) groups is 2. The average molecular weight is 772 g/mol. The lowest BCUT2D eigenvalue weighted by molar-refractivity contribution is 0.0515. The molecular weight excluding hydrogens is 734 g/mol. The molecule has 2 aliphatic carbocycles. The Labute approximate surface area is 310 Å². The molecule has 0 bridgehead atoms. The fourth-order valence-electron chi connectivity index (χ4n) is 5.46. The number of hydrogen-bond donors (Lipinski definition) is 1. The van der Waals surface area contributed by atoms with E-state index in [9.17, 15) is 18.4 Å². The van der Waals surface area contributed by atoms with Crippen molar-refractivity contribution >= 4 is 59.1 Å². The second kappa shape index (κ2) is 18.7. The fourth-order valence-corrected chi connectivity index (χ4v) is 6.18. The Morgan fingerprint density at radius 1 is 0.740 bits per heavy atom. The summed E-state index contributed by atoms with van der Waals surface area (Å²) in [5, 5.41) is 1.26. The van der Waals surface area contributed by atoms with E-state index in [1.165, 1.54) is 49.1 Å². The lowest BCUT2D eigenvalue weighted by Gasteiger charge is -2.42. The molecule has 268 valence electrons. The van der Waals surface area contributed by atoms with Crippen molar-refractivity contribution < 1.29 is 27.8 Å². The number of halogens is 6.